The zero-order valence-corrected chi connectivity index (χ0v) is 5.76. The molecule has 1 aliphatic carbocycles. The monoisotopic (exact) mass is 126 g/mol. The predicted molar refractivity (Wildman–Crippen MR) is 37.0 cm³/mol. The minimum absolute atomic E-state index is 0.0636. The average molecular weight is 126 g/mol. The molecule has 0 radical (unpaired) electrons. The highest BCUT2D eigenvalue weighted by Crippen LogP contribution is 2.18. The fourth-order valence-corrected chi connectivity index (χ4v) is 0.868. The summed E-state index contributed by atoms with van der Waals surface area (Å²) in [6, 6.07) is 0. The van der Waals surface area contributed by atoms with E-state index in [0.717, 1.165) is 5.57 Å². The molecule has 9 heavy (non-hydrogen) atoms. The van der Waals surface area contributed by atoms with Crippen LogP contribution in [-0.2, 0) is 0 Å². The molecule has 0 aromatic rings. The van der Waals surface area contributed by atoms with E-state index in [1.54, 1.807) is 6.08 Å². The molecule has 0 saturated heterocycles. The summed E-state index contributed by atoms with van der Waals surface area (Å²) >= 11 is 0. The Labute approximate surface area is 55.1 Å². The SMILES string of the molecule is CC1=CC(F)[C@H](C)C=C1. The largest absolute Gasteiger partial charge is 0.242 e. The summed E-state index contributed by atoms with van der Waals surface area (Å²) in [6.07, 6.45) is 4.75. The number of hydrogen-bond donors (Lipinski definition) is 0. The highest BCUT2D eigenvalue weighted by atomic mass is 19.1. The summed E-state index contributed by atoms with van der Waals surface area (Å²) in [5.41, 5.74) is 1.03. The Hall–Kier alpha value is -0.590. The summed E-state index contributed by atoms with van der Waals surface area (Å²) in [5.74, 6) is 0.0636. The zero-order valence-electron chi connectivity index (χ0n) is 5.76. The molecule has 0 nitrogen and oxygen atoms in total. The van der Waals surface area contributed by atoms with E-state index in [2.05, 4.69) is 0 Å². The zero-order chi connectivity index (χ0) is 6.85. The molecule has 50 valence electrons. The molecule has 0 N–H and O–H groups in total. The van der Waals surface area contributed by atoms with Crippen LogP contribution in [0.15, 0.2) is 23.8 Å². The van der Waals surface area contributed by atoms with Gasteiger partial charge in [-0.15, -0.1) is 0 Å². The molecular formula is C8H11F. The molecule has 1 unspecified atom stereocenters. The quantitative estimate of drug-likeness (QED) is 0.467. The Morgan fingerprint density at radius 1 is 1.56 bits per heavy atom. The Morgan fingerprint density at radius 3 is 2.67 bits per heavy atom. The van der Waals surface area contributed by atoms with Gasteiger partial charge >= 0.3 is 0 Å². The maximum Gasteiger partial charge on any atom is 0.125 e. The Morgan fingerprint density at radius 2 is 2.22 bits per heavy atom. The first kappa shape index (κ1) is 6.53. The molecule has 0 bridgehead atoms. The van der Waals surface area contributed by atoms with Crippen LogP contribution in [0.5, 0.6) is 0 Å². The molecule has 0 fully saturated rings. The van der Waals surface area contributed by atoms with E-state index in [0.29, 0.717) is 0 Å². The lowest BCUT2D eigenvalue weighted by atomic mass is 9.98. The summed E-state index contributed by atoms with van der Waals surface area (Å²) in [5, 5.41) is 0. The van der Waals surface area contributed by atoms with E-state index in [4.69, 9.17) is 0 Å². The summed E-state index contributed by atoms with van der Waals surface area (Å²) in [4.78, 5) is 0. The molecule has 0 aliphatic heterocycles. The summed E-state index contributed by atoms with van der Waals surface area (Å²) in [7, 11) is 0. The van der Waals surface area contributed by atoms with Crippen molar-refractivity contribution in [3.8, 4) is 0 Å². The fourth-order valence-electron chi connectivity index (χ4n) is 0.868. The van der Waals surface area contributed by atoms with Gasteiger partial charge in [-0.25, -0.2) is 4.39 Å². The van der Waals surface area contributed by atoms with Crippen LogP contribution < -0.4 is 0 Å². The Kier molecular flexibility index (Phi) is 1.70. The van der Waals surface area contributed by atoms with Gasteiger partial charge < -0.3 is 0 Å². The fraction of sp³-hybridized carbons (Fsp3) is 0.500. The van der Waals surface area contributed by atoms with Crippen molar-refractivity contribution in [3.05, 3.63) is 23.8 Å². The van der Waals surface area contributed by atoms with E-state index in [1.807, 2.05) is 26.0 Å². The van der Waals surface area contributed by atoms with Crippen LogP contribution in [0.25, 0.3) is 0 Å². The van der Waals surface area contributed by atoms with Crippen LogP contribution in [0, 0.1) is 5.92 Å². The van der Waals surface area contributed by atoms with Crippen molar-refractivity contribution in [1.82, 2.24) is 0 Å². The van der Waals surface area contributed by atoms with Crippen LogP contribution >= 0.6 is 0 Å². The van der Waals surface area contributed by atoms with Gasteiger partial charge in [0.15, 0.2) is 0 Å². The highest BCUT2D eigenvalue weighted by molar-refractivity contribution is 5.23. The van der Waals surface area contributed by atoms with Crippen molar-refractivity contribution in [2.24, 2.45) is 5.92 Å². The molecular weight excluding hydrogens is 115 g/mol. The standard InChI is InChI=1S/C8H11F/c1-6-3-4-7(2)8(9)5-6/h3-5,7-8H,1-2H3/t7-,8?/m1/s1. The minimum atomic E-state index is -0.769. The van der Waals surface area contributed by atoms with Crippen molar-refractivity contribution < 1.29 is 4.39 Å². The van der Waals surface area contributed by atoms with Crippen LogP contribution in [0.4, 0.5) is 4.39 Å². The van der Waals surface area contributed by atoms with Crippen molar-refractivity contribution in [3.63, 3.8) is 0 Å². The van der Waals surface area contributed by atoms with E-state index in [1.165, 1.54) is 0 Å². The summed E-state index contributed by atoms with van der Waals surface area (Å²) < 4.78 is 12.7. The average Bonchev–Trinajstić information content (AvgIpc) is 1.80. The maximum atomic E-state index is 12.7. The van der Waals surface area contributed by atoms with E-state index < -0.39 is 6.17 Å². The smallest absolute Gasteiger partial charge is 0.125 e. The molecule has 1 heteroatoms. The van der Waals surface area contributed by atoms with Crippen LogP contribution in [0.3, 0.4) is 0 Å². The normalized spacial score (nSPS) is 34.3. The van der Waals surface area contributed by atoms with Gasteiger partial charge in [-0.1, -0.05) is 24.6 Å². The second kappa shape index (κ2) is 2.34. The third-order valence-corrected chi connectivity index (χ3v) is 1.59. The second-order valence-electron chi connectivity index (χ2n) is 2.57. The number of halogens is 1. The number of rotatable bonds is 0. The van der Waals surface area contributed by atoms with Gasteiger partial charge in [0, 0.05) is 5.92 Å². The van der Waals surface area contributed by atoms with Gasteiger partial charge in [-0.2, -0.15) is 0 Å². The molecule has 1 rings (SSSR count). The summed E-state index contributed by atoms with van der Waals surface area (Å²) in [6.45, 7) is 3.79. The minimum Gasteiger partial charge on any atom is -0.242 e. The molecule has 0 saturated carbocycles. The van der Waals surface area contributed by atoms with Crippen molar-refractivity contribution in [2.75, 3.05) is 0 Å². The van der Waals surface area contributed by atoms with Crippen molar-refractivity contribution >= 4 is 0 Å². The van der Waals surface area contributed by atoms with E-state index in [9.17, 15) is 4.39 Å². The van der Waals surface area contributed by atoms with Gasteiger partial charge in [0.25, 0.3) is 0 Å². The highest BCUT2D eigenvalue weighted by Gasteiger charge is 2.12. The number of alkyl halides is 1. The third-order valence-electron chi connectivity index (χ3n) is 1.59. The van der Waals surface area contributed by atoms with Gasteiger partial charge in [-0.05, 0) is 13.0 Å². The first-order valence-corrected chi connectivity index (χ1v) is 3.21. The topological polar surface area (TPSA) is 0 Å². The first-order valence-electron chi connectivity index (χ1n) is 3.21. The molecule has 2 atom stereocenters. The maximum absolute atomic E-state index is 12.7. The number of hydrogen-bond acceptors (Lipinski definition) is 0. The van der Waals surface area contributed by atoms with E-state index >= 15 is 0 Å². The van der Waals surface area contributed by atoms with Gasteiger partial charge in [0.05, 0.1) is 0 Å². The molecule has 0 amide bonds. The van der Waals surface area contributed by atoms with Crippen molar-refractivity contribution in [1.29, 1.82) is 0 Å². The lowest BCUT2D eigenvalue weighted by Gasteiger charge is -2.13. The predicted octanol–water partition coefficient (Wildman–Crippen LogP) is 2.48. The molecule has 0 heterocycles. The van der Waals surface area contributed by atoms with E-state index in [-0.39, 0.29) is 5.92 Å². The number of allylic oxidation sites excluding steroid dienone is 4. The van der Waals surface area contributed by atoms with Gasteiger partial charge in [0.2, 0.25) is 0 Å². The Bertz CT molecular complexity index is 156. The Balaban J connectivity index is 2.70. The second-order valence-corrected chi connectivity index (χ2v) is 2.57. The molecule has 0 aromatic heterocycles. The lowest BCUT2D eigenvalue weighted by molar-refractivity contribution is 0.332. The molecule has 0 spiro atoms. The van der Waals surface area contributed by atoms with Gasteiger partial charge in [0.1, 0.15) is 6.17 Å². The van der Waals surface area contributed by atoms with Crippen LogP contribution in [0.2, 0.25) is 0 Å². The molecule has 0 aromatic carbocycles. The van der Waals surface area contributed by atoms with Crippen LogP contribution in [0.1, 0.15) is 13.8 Å². The first-order chi connectivity index (χ1) is 4.20. The van der Waals surface area contributed by atoms with Gasteiger partial charge in [-0.3, -0.25) is 0 Å². The lowest BCUT2D eigenvalue weighted by Crippen LogP contribution is -2.10. The molecule has 1 aliphatic rings. The third kappa shape index (κ3) is 1.41. The van der Waals surface area contributed by atoms with Crippen molar-refractivity contribution in [2.45, 2.75) is 20.0 Å². The van der Waals surface area contributed by atoms with Crippen LogP contribution in [-0.4, -0.2) is 6.17 Å².